The molecule has 0 spiro atoms. The lowest BCUT2D eigenvalue weighted by Crippen LogP contribution is -2.67. The number of carbonyl (C=O) groups excluding carboxylic acids is 1. The van der Waals surface area contributed by atoms with Crippen LogP contribution in [0.15, 0.2) is 11.6 Å². The van der Waals surface area contributed by atoms with E-state index in [1.807, 2.05) is 20.8 Å². The van der Waals surface area contributed by atoms with Crippen LogP contribution in [0.5, 0.6) is 0 Å². The summed E-state index contributed by atoms with van der Waals surface area (Å²) in [6, 6.07) is 0. The Bertz CT molecular complexity index is 1240. The maximum atomic E-state index is 14.4. The molecular weight excluding hydrogens is 592 g/mol. The van der Waals surface area contributed by atoms with Gasteiger partial charge in [0.1, 0.15) is 24.4 Å². The van der Waals surface area contributed by atoms with Gasteiger partial charge in [-0.2, -0.15) is 0 Å². The molecule has 5 fully saturated rings. The summed E-state index contributed by atoms with van der Waals surface area (Å²) in [5, 5.41) is 74.8. The maximum Gasteiger partial charge on any atom is 0.315 e. The lowest BCUT2D eigenvalue weighted by Gasteiger charge is -2.71. The van der Waals surface area contributed by atoms with Crippen LogP contribution in [0.4, 0.5) is 0 Å². The van der Waals surface area contributed by atoms with Crippen molar-refractivity contribution in [3.8, 4) is 0 Å². The van der Waals surface area contributed by atoms with Crippen molar-refractivity contribution in [3.63, 3.8) is 0 Å². The monoisotopic (exact) mass is 650 g/mol. The third kappa shape index (κ3) is 4.46. The van der Waals surface area contributed by atoms with Crippen LogP contribution in [0.2, 0.25) is 0 Å². The topological polar surface area (TPSA) is 177 Å². The molecule has 0 aromatic carbocycles. The summed E-state index contributed by atoms with van der Waals surface area (Å²) >= 11 is 0. The molecule has 46 heavy (non-hydrogen) atoms. The van der Waals surface area contributed by atoms with E-state index in [2.05, 4.69) is 26.8 Å². The predicted molar refractivity (Wildman–Crippen MR) is 168 cm³/mol. The average Bonchev–Trinajstić information content (AvgIpc) is 3.01. The van der Waals surface area contributed by atoms with Gasteiger partial charge in [0.15, 0.2) is 0 Å². The van der Waals surface area contributed by atoms with Crippen molar-refractivity contribution in [1.29, 1.82) is 0 Å². The summed E-state index contributed by atoms with van der Waals surface area (Å²) in [6.45, 7) is 12.5. The normalized spacial score (nSPS) is 54.8. The maximum absolute atomic E-state index is 14.4. The number of fused-ring (bicyclic) bond motifs is 7. The SMILES string of the molecule is CC1(C)CC[C@]2(C(=O)O[C@@H]3O[C@H](CO)[C@@H](O)[C@H](O)[C@H]3O)CC[C@]3(C)C(=CC[C@@H]4[C@@]5(C)CC[C@H](O)[C@@](C)(CO)[C@@H]5CC[C@]43C)[C@@H]2[C@@H]1O. The highest BCUT2D eigenvalue weighted by Gasteiger charge is 2.71. The molecule has 15 atom stereocenters. The molecule has 0 aromatic heterocycles. The van der Waals surface area contributed by atoms with Crippen molar-refractivity contribution >= 4 is 5.97 Å². The van der Waals surface area contributed by atoms with Gasteiger partial charge in [0, 0.05) is 11.3 Å². The van der Waals surface area contributed by atoms with Crippen LogP contribution in [-0.4, -0.2) is 97.8 Å². The van der Waals surface area contributed by atoms with Crippen LogP contribution in [-0.2, 0) is 14.3 Å². The first-order chi connectivity index (χ1) is 21.4. The molecule has 10 nitrogen and oxygen atoms in total. The van der Waals surface area contributed by atoms with E-state index in [0.29, 0.717) is 38.0 Å². The quantitative estimate of drug-likeness (QED) is 0.177. The van der Waals surface area contributed by atoms with Crippen molar-refractivity contribution in [1.82, 2.24) is 0 Å². The van der Waals surface area contributed by atoms with Gasteiger partial charge in [-0.15, -0.1) is 0 Å². The van der Waals surface area contributed by atoms with Crippen molar-refractivity contribution in [3.05, 3.63) is 11.6 Å². The van der Waals surface area contributed by atoms with Crippen molar-refractivity contribution in [2.75, 3.05) is 13.2 Å². The van der Waals surface area contributed by atoms with Gasteiger partial charge < -0.3 is 45.2 Å². The van der Waals surface area contributed by atoms with Crippen molar-refractivity contribution in [2.24, 2.45) is 50.2 Å². The molecule has 0 unspecified atom stereocenters. The molecule has 1 aliphatic heterocycles. The van der Waals surface area contributed by atoms with E-state index in [1.54, 1.807) is 0 Å². The van der Waals surface area contributed by atoms with Crippen LogP contribution in [0.3, 0.4) is 0 Å². The molecule has 5 aliphatic carbocycles. The lowest BCUT2D eigenvalue weighted by atomic mass is 9.33. The Kier molecular flexibility index (Phi) is 8.46. The Balaban J connectivity index is 1.38. The Morgan fingerprint density at radius 2 is 1.52 bits per heavy atom. The van der Waals surface area contributed by atoms with E-state index in [-0.39, 0.29) is 28.8 Å². The summed E-state index contributed by atoms with van der Waals surface area (Å²) in [7, 11) is 0. The van der Waals surface area contributed by atoms with E-state index in [4.69, 9.17) is 9.47 Å². The van der Waals surface area contributed by atoms with Crippen molar-refractivity contribution < 1.29 is 50.0 Å². The van der Waals surface area contributed by atoms with Crippen LogP contribution < -0.4 is 0 Å². The first kappa shape index (κ1) is 34.7. The van der Waals surface area contributed by atoms with Gasteiger partial charge in [0.2, 0.25) is 6.29 Å². The Morgan fingerprint density at radius 3 is 2.17 bits per heavy atom. The van der Waals surface area contributed by atoms with Crippen LogP contribution in [0.1, 0.15) is 99.3 Å². The van der Waals surface area contributed by atoms with Crippen LogP contribution in [0, 0.1) is 50.2 Å². The predicted octanol–water partition coefficient (Wildman–Crippen LogP) is 2.44. The number of esters is 1. The van der Waals surface area contributed by atoms with E-state index in [1.165, 1.54) is 0 Å². The minimum absolute atomic E-state index is 0.0430. The zero-order valence-electron chi connectivity index (χ0n) is 28.5. The van der Waals surface area contributed by atoms with E-state index in [9.17, 15) is 40.5 Å². The number of rotatable bonds is 4. The van der Waals surface area contributed by atoms with Gasteiger partial charge in [0.05, 0.1) is 30.8 Å². The standard InChI is InChI=1S/C36H58O10/c1-31(2)13-15-36(30(44)46-29-27(42)26(41)25(40)20(17-37)45-29)16-14-34(5)19(24(36)28(31)43)7-8-22-32(3)11-10-23(39)33(4,18-38)21(32)9-12-35(22,34)6/h7,20-29,37-43H,8-18H2,1-6H3/t20-,21-,22-,23+,24-,25-,26+,27-,28+,29+,32+,33+,34-,35-,36+/m1/s1. The zero-order valence-corrected chi connectivity index (χ0v) is 28.5. The third-order valence-electron chi connectivity index (χ3n) is 15.5. The fourth-order valence-corrected chi connectivity index (χ4v) is 12.0. The summed E-state index contributed by atoms with van der Waals surface area (Å²) in [6.07, 6.45) is -0.337. The van der Waals surface area contributed by atoms with Gasteiger partial charge in [-0.05, 0) is 91.3 Å². The third-order valence-corrected chi connectivity index (χ3v) is 15.5. The fourth-order valence-electron chi connectivity index (χ4n) is 12.0. The number of aliphatic hydroxyl groups is 7. The van der Waals surface area contributed by atoms with Gasteiger partial charge in [0.25, 0.3) is 0 Å². The molecule has 0 bridgehead atoms. The number of allylic oxidation sites excluding steroid dienone is 1. The minimum atomic E-state index is -1.70. The van der Waals surface area contributed by atoms with Gasteiger partial charge in [-0.3, -0.25) is 4.79 Å². The van der Waals surface area contributed by atoms with Crippen LogP contribution in [0.25, 0.3) is 0 Å². The number of ether oxygens (including phenoxy) is 2. The molecule has 0 radical (unpaired) electrons. The summed E-state index contributed by atoms with van der Waals surface area (Å²) in [4.78, 5) is 14.4. The Labute approximate surface area is 273 Å². The second kappa shape index (κ2) is 11.2. The molecule has 6 rings (SSSR count). The molecule has 4 saturated carbocycles. The second-order valence-electron chi connectivity index (χ2n) is 17.7. The molecule has 1 heterocycles. The first-order valence-corrected chi connectivity index (χ1v) is 17.6. The molecule has 0 amide bonds. The zero-order chi connectivity index (χ0) is 33.8. The summed E-state index contributed by atoms with van der Waals surface area (Å²) in [5.74, 6) is -0.636. The van der Waals surface area contributed by atoms with E-state index >= 15 is 0 Å². The molecule has 0 aromatic rings. The van der Waals surface area contributed by atoms with E-state index < -0.39 is 77.7 Å². The highest BCUT2D eigenvalue weighted by molar-refractivity contribution is 5.79. The average molecular weight is 651 g/mol. The summed E-state index contributed by atoms with van der Waals surface area (Å²) in [5.41, 5.74) is -1.54. The first-order valence-electron chi connectivity index (χ1n) is 17.6. The summed E-state index contributed by atoms with van der Waals surface area (Å²) < 4.78 is 11.4. The van der Waals surface area contributed by atoms with E-state index in [0.717, 1.165) is 31.3 Å². The van der Waals surface area contributed by atoms with Crippen LogP contribution >= 0.6 is 0 Å². The highest BCUT2D eigenvalue weighted by atomic mass is 16.7. The van der Waals surface area contributed by atoms with Gasteiger partial charge in [-0.1, -0.05) is 53.2 Å². The smallest absolute Gasteiger partial charge is 0.315 e. The lowest BCUT2D eigenvalue weighted by molar-refractivity contribution is -0.298. The Hall–Kier alpha value is -1.11. The molecule has 7 N–H and O–H groups in total. The molecule has 1 saturated heterocycles. The van der Waals surface area contributed by atoms with Gasteiger partial charge in [-0.25, -0.2) is 0 Å². The number of hydrogen-bond donors (Lipinski definition) is 7. The number of carbonyl (C=O) groups is 1. The Morgan fingerprint density at radius 1 is 0.848 bits per heavy atom. The molecular formula is C36H58O10. The highest BCUT2D eigenvalue weighted by Crippen LogP contribution is 2.75. The van der Waals surface area contributed by atoms with Crippen molar-refractivity contribution in [2.45, 2.75) is 142 Å². The minimum Gasteiger partial charge on any atom is -0.432 e. The number of aliphatic hydroxyl groups excluding tert-OH is 7. The molecule has 262 valence electrons. The van der Waals surface area contributed by atoms with Gasteiger partial charge >= 0.3 is 5.97 Å². The second-order valence-corrected chi connectivity index (χ2v) is 17.7. The fraction of sp³-hybridized carbons (Fsp3) is 0.917. The number of hydrogen-bond acceptors (Lipinski definition) is 10. The molecule has 6 aliphatic rings. The molecule has 10 heteroatoms. The largest absolute Gasteiger partial charge is 0.432 e.